The van der Waals surface area contributed by atoms with Gasteiger partial charge in [-0.25, -0.2) is 0 Å². The van der Waals surface area contributed by atoms with Crippen LogP contribution in [0.4, 0.5) is 5.69 Å². The van der Waals surface area contributed by atoms with E-state index in [-0.39, 0.29) is 18.4 Å². The average molecular weight is 473 g/mol. The molecule has 5 rings (SSSR count). The van der Waals surface area contributed by atoms with E-state index < -0.39 is 0 Å². The van der Waals surface area contributed by atoms with E-state index >= 15 is 0 Å². The number of carbonyl (C=O) groups is 2. The highest BCUT2D eigenvalue weighted by atomic mass is 35.5. The standard InChI is InChI=1S/C29H29ClN2O2/c30-24-15-16-27-26(17-24)29(34)31(18-21-9-3-1-4-10-21)20-28(33)32(27)19-23-13-7-8-14-25(23)22-11-5-2-6-12-22/h2,5-8,11-17,21H,1,3-4,9-10,18-20H2. The molecule has 0 spiro atoms. The summed E-state index contributed by atoms with van der Waals surface area (Å²) in [5.41, 5.74) is 4.36. The lowest BCUT2D eigenvalue weighted by molar-refractivity contribution is -0.119. The maximum atomic E-state index is 13.6. The van der Waals surface area contributed by atoms with E-state index in [2.05, 4.69) is 24.3 Å². The monoisotopic (exact) mass is 472 g/mol. The molecule has 174 valence electrons. The maximum absolute atomic E-state index is 13.6. The minimum absolute atomic E-state index is 0.0619. The molecule has 3 aromatic carbocycles. The predicted molar refractivity (Wildman–Crippen MR) is 137 cm³/mol. The molecule has 1 saturated carbocycles. The third kappa shape index (κ3) is 4.74. The average Bonchev–Trinajstić information content (AvgIpc) is 2.96. The van der Waals surface area contributed by atoms with Crippen LogP contribution in [-0.4, -0.2) is 29.8 Å². The summed E-state index contributed by atoms with van der Waals surface area (Å²) in [6.07, 6.45) is 5.90. The van der Waals surface area contributed by atoms with E-state index in [0.29, 0.717) is 35.3 Å². The van der Waals surface area contributed by atoms with Crippen LogP contribution in [-0.2, 0) is 11.3 Å². The molecular formula is C29H29ClN2O2. The number of carbonyl (C=O) groups excluding carboxylic acids is 2. The number of nitrogens with zero attached hydrogens (tertiary/aromatic N) is 2. The second-order valence-electron chi connectivity index (χ2n) is 9.35. The van der Waals surface area contributed by atoms with Gasteiger partial charge in [-0.2, -0.15) is 0 Å². The second kappa shape index (κ2) is 10.0. The number of hydrogen-bond acceptors (Lipinski definition) is 2. The molecule has 0 saturated heterocycles. The molecule has 2 amide bonds. The Morgan fingerprint density at radius 1 is 0.824 bits per heavy atom. The minimum Gasteiger partial charge on any atom is -0.329 e. The lowest BCUT2D eigenvalue weighted by Crippen LogP contribution is -2.41. The number of anilines is 1. The molecule has 0 aromatic heterocycles. The second-order valence-corrected chi connectivity index (χ2v) is 9.79. The number of benzene rings is 3. The van der Waals surface area contributed by atoms with Crippen LogP contribution < -0.4 is 4.90 Å². The summed E-state index contributed by atoms with van der Waals surface area (Å²) >= 11 is 6.31. The molecule has 0 bridgehead atoms. The van der Waals surface area contributed by atoms with Crippen molar-refractivity contribution in [3.8, 4) is 11.1 Å². The summed E-state index contributed by atoms with van der Waals surface area (Å²) in [6.45, 7) is 1.11. The van der Waals surface area contributed by atoms with Gasteiger partial charge in [0.25, 0.3) is 5.91 Å². The first-order chi connectivity index (χ1) is 16.6. The fourth-order valence-electron chi connectivity index (χ4n) is 5.27. The first kappa shape index (κ1) is 22.7. The lowest BCUT2D eigenvalue weighted by atomic mass is 9.89. The summed E-state index contributed by atoms with van der Waals surface area (Å²) in [4.78, 5) is 30.7. The molecule has 3 aromatic rings. The highest BCUT2D eigenvalue weighted by molar-refractivity contribution is 6.31. The number of hydrogen-bond donors (Lipinski definition) is 0. The van der Waals surface area contributed by atoms with Crippen LogP contribution in [0.15, 0.2) is 72.8 Å². The molecule has 1 fully saturated rings. The molecule has 0 unspecified atom stereocenters. The Hall–Kier alpha value is -3.11. The molecule has 1 aliphatic carbocycles. The van der Waals surface area contributed by atoms with Crippen LogP contribution in [0.2, 0.25) is 5.02 Å². The largest absolute Gasteiger partial charge is 0.329 e. The van der Waals surface area contributed by atoms with Crippen molar-refractivity contribution in [3.63, 3.8) is 0 Å². The number of fused-ring (bicyclic) bond motifs is 1. The van der Waals surface area contributed by atoms with E-state index in [0.717, 1.165) is 29.5 Å². The maximum Gasteiger partial charge on any atom is 0.256 e. The van der Waals surface area contributed by atoms with Crippen molar-refractivity contribution in [2.75, 3.05) is 18.0 Å². The Morgan fingerprint density at radius 2 is 1.56 bits per heavy atom. The van der Waals surface area contributed by atoms with Gasteiger partial charge in [0.1, 0.15) is 6.54 Å². The third-order valence-corrected chi connectivity index (χ3v) is 7.26. The smallest absolute Gasteiger partial charge is 0.256 e. The first-order valence-corrected chi connectivity index (χ1v) is 12.5. The van der Waals surface area contributed by atoms with Crippen LogP contribution >= 0.6 is 11.6 Å². The first-order valence-electron chi connectivity index (χ1n) is 12.1. The molecule has 34 heavy (non-hydrogen) atoms. The Balaban J connectivity index is 1.50. The molecule has 1 aliphatic heterocycles. The van der Waals surface area contributed by atoms with E-state index in [4.69, 9.17) is 11.6 Å². The molecule has 5 heteroatoms. The zero-order valence-corrected chi connectivity index (χ0v) is 20.0. The molecule has 0 atom stereocenters. The summed E-state index contributed by atoms with van der Waals surface area (Å²) in [5.74, 6) is 0.293. The summed E-state index contributed by atoms with van der Waals surface area (Å²) in [6, 6.07) is 23.6. The van der Waals surface area contributed by atoms with Gasteiger partial charge in [0, 0.05) is 11.6 Å². The fourth-order valence-corrected chi connectivity index (χ4v) is 5.44. The van der Waals surface area contributed by atoms with Crippen molar-refractivity contribution in [2.24, 2.45) is 5.92 Å². The van der Waals surface area contributed by atoms with Crippen LogP contribution in [0.5, 0.6) is 0 Å². The molecule has 1 heterocycles. The highest BCUT2D eigenvalue weighted by Gasteiger charge is 2.33. The number of rotatable bonds is 5. The number of amides is 2. The van der Waals surface area contributed by atoms with Gasteiger partial charge in [0.05, 0.1) is 17.8 Å². The van der Waals surface area contributed by atoms with E-state index in [9.17, 15) is 9.59 Å². The molecule has 0 radical (unpaired) electrons. The molecule has 2 aliphatic rings. The van der Waals surface area contributed by atoms with Crippen LogP contribution in [0.3, 0.4) is 0 Å². The molecular weight excluding hydrogens is 444 g/mol. The van der Waals surface area contributed by atoms with Gasteiger partial charge in [0.2, 0.25) is 5.91 Å². The topological polar surface area (TPSA) is 40.6 Å². The molecule has 0 N–H and O–H groups in total. The Labute approximate surface area is 206 Å². The van der Waals surface area contributed by atoms with E-state index in [1.54, 1.807) is 21.9 Å². The number of halogens is 1. The van der Waals surface area contributed by atoms with Crippen molar-refractivity contribution in [1.82, 2.24) is 4.90 Å². The molecule has 4 nitrogen and oxygen atoms in total. The SMILES string of the molecule is O=C1c2cc(Cl)ccc2N(Cc2ccccc2-c2ccccc2)C(=O)CN1CC1CCCCC1. The van der Waals surface area contributed by atoms with Crippen molar-refractivity contribution in [2.45, 2.75) is 38.6 Å². The van der Waals surface area contributed by atoms with Gasteiger partial charge in [-0.1, -0.05) is 85.5 Å². The minimum atomic E-state index is -0.102. The van der Waals surface area contributed by atoms with Crippen molar-refractivity contribution in [1.29, 1.82) is 0 Å². The van der Waals surface area contributed by atoms with Crippen molar-refractivity contribution < 1.29 is 9.59 Å². The van der Waals surface area contributed by atoms with Crippen molar-refractivity contribution in [3.05, 3.63) is 88.9 Å². The quantitative estimate of drug-likeness (QED) is 0.421. The van der Waals surface area contributed by atoms with Gasteiger partial charge >= 0.3 is 0 Å². The van der Waals surface area contributed by atoms with Crippen LogP contribution in [0.25, 0.3) is 11.1 Å². The van der Waals surface area contributed by atoms with Crippen LogP contribution in [0.1, 0.15) is 48.0 Å². The fraction of sp³-hybridized carbons (Fsp3) is 0.310. The Morgan fingerprint density at radius 3 is 2.35 bits per heavy atom. The third-order valence-electron chi connectivity index (χ3n) is 7.03. The van der Waals surface area contributed by atoms with E-state index in [1.165, 1.54) is 19.3 Å². The Kier molecular flexibility index (Phi) is 6.68. The highest BCUT2D eigenvalue weighted by Crippen LogP contribution is 2.33. The van der Waals surface area contributed by atoms with E-state index in [1.807, 2.05) is 36.4 Å². The van der Waals surface area contributed by atoms with Crippen molar-refractivity contribution >= 4 is 29.1 Å². The van der Waals surface area contributed by atoms with Gasteiger partial charge in [-0.05, 0) is 53.6 Å². The summed E-state index contributed by atoms with van der Waals surface area (Å²) < 4.78 is 0. The summed E-state index contributed by atoms with van der Waals surface area (Å²) in [5, 5.41) is 0.503. The van der Waals surface area contributed by atoms with Gasteiger partial charge in [-0.3, -0.25) is 9.59 Å². The normalized spacial score (nSPS) is 17.0. The van der Waals surface area contributed by atoms with Gasteiger partial charge < -0.3 is 9.80 Å². The lowest BCUT2D eigenvalue weighted by Gasteiger charge is -2.28. The zero-order valence-electron chi connectivity index (χ0n) is 19.3. The zero-order chi connectivity index (χ0) is 23.5. The Bertz CT molecular complexity index is 1190. The predicted octanol–water partition coefficient (Wildman–Crippen LogP) is 6.58. The van der Waals surface area contributed by atoms with Gasteiger partial charge in [0.15, 0.2) is 0 Å². The van der Waals surface area contributed by atoms with Gasteiger partial charge in [-0.15, -0.1) is 0 Å². The van der Waals surface area contributed by atoms with Crippen LogP contribution in [0, 0.1) is 5.92 Å². The summed E-state index contributed by atoms with van der Waals surface area (Å²) in [7, 11) is 0.